The molecule has 1 aromatic rings. The maximum absolute atomic E-state index is 12.2. The number of sulfonamides is 1. The molecule has 7 nitrogen and oxygen atoms in total. The molecule has 0 saturated carbocycles. The van der Waals surface area contributed by atoms with Crippen molar-refractivity contribution in [2.45, 2.75) is 16.9 Å². The Kier molecular flexibility index (Phi) is 4.43. The number of anilines is 2. The highest BCUT2D eigenvalue weighted by molar-refractivity contribution is 7.89. The van der Waals surface area contributed by atoms with E-state index in [-0.39, 0.29) is 23.7 Å². The lowest BCUT2D eigenvalue weighted by molar-refractivity contribution is 0.0382. The third-order valence-electron chi connectivity index (χ3n) is 3.52. The van der Waals surface area contributed by atoms with E-state index in [1.165, 1.54) is 20.2 Å². The Morgan fingerprint density at radius 1 is 1.48 bits per heavy atom. The topological polar surface area (TPSA) is 105 Å². The summed E-state index contributed by atoms with van der Waals surface area (Å²) in [5.74, 6) is 0. The fraction of sp³-hybridized carbons (Fsp3) is 0.538. The van der Waals surface area contributed by atoms with Crippen LogP contribution in [-0.2, 0) is 14.8 Å². The van der Waals surface area contributed by atoms with Gasteiger partial charge in [-0.05, 0) is 12.1 Å². The smallest absolute Gasteiger partial charge is 0.244 e. The molecule has 1 aromatic carbocycles. The molecule has 1 heterocycles. The summed E-state index contributed by atoms with van der Waals surface area (Å²) in [6.07, 6.45) is 0.537. The average Bonchev–Trinajstić information content (AvgIpc) is 2.84. The molecule has 118 valence electrons. The first kappa shape index (κ1) is 16.0. The van der Waals surface area contributed by atoms with Crippen molar-refractivity contribution >= 4 is 21.4 Å². The summed E-state index contributed by atoms with van der Waals surface area (Å²) in [4.78, 5) is 0.0483. The van der Waals surface area contributed by atoms with Gasteiger partial charge >= 0.3 is 0 Å². The third kappa shape index (κ3) is 3.29. The Labute approximate surface area is 124 Å². The van der Waals surface area contributed by atoms with Gasteiger partial charge in [0, 0.05) is 33.7 Å². The summed E-state index contributed by atoms with van der Waals surface area (Å²) in [6, 6.07) is 4.76. The number of hydrogen-bond donors (Lipinski definition) is 3. The summed E-state index contributed by atoms with van der Waals surface area (Å²) < 4.78 is 30.6. The minimum Gasteiger partial charge on any atom is -0.396 e. The van der Waals surface area contributed by atoms with Gasteiger partial charge < -0.3 is 20.9 Å². The van der Waals surface area contributed by atoms with Crippen LogP contribution in [-0.4, -0.2) is 57.3 Å². The SMILES string of the molecule is CN(C)S(=O)(=O)c1cccc(NCC2(O)CCOC2)c1N. The molecule has 0 amide bonds. The number of ether oxygens (including phenoxy) is 1. The van der Waals surface area contributed by atoms with Crippen LogP contribution in [0.3, 0.4) is 0 Å². The Balaban J connectivity index is 2.22. The number of hydrogen-bond acceptors (Lipinski definition) is 6. The van der Waals surface area contributed by atoms with E-state index in [9.17, 15) is 13.5 Å². The zero-order valence-electron chi connectivity index (χ0n) is 12.2. The van der Waals surface area contributed by atoms with Crippen LogP contribution in [0.4, 0.5) is 11.4 Å². The van der Waals surface area contributed by atoms with Crippen LogP contribution in [0.2, 0.25) is 0 Å². The van der Waals surface area contributed by atoms with Gasteiger partial charge in [-0.25, -0.2) is 12.7 Å². The number of nitrogens with zero attached hydrogens (tertiary/aromatic N) is 1. The predicted octanol–water partition coefficient (Wildman–Crippen LogP) is 0.0824. The lowest BCUT2D eigenvalue weighted by atomic mass is 10.0. The number of rotatable bonds is 5. The number of nitrogen functional groups attached to an aromatic ring is 1. The van der Waals surface area contributed by atoms with E-state index in [1.54, 1.807) is 12.1 Å². The molecule has 4 N–H and O–H groups in total. The molecule has 8 heteroatoms. The molecule has 1 aliphatic rings. The minimum absolute atomic E-state index is 0.0483. The molecule has 0 aromatic heterocycles. The first-order chi connectivity index (χ1) is 9.76. The molecule has 0 bridgehead atoms. The molecule has 2 rings (SSSR count). The summed E-state index contributed by atoms with van der Waals surface area (Å²) in [7, 11) is -0.698. The van der Waals surface area contributed by atoms with E-state index in [0.29, 0.717) is 18.7 Å². The van der Waals surface area contributed by atoms with Crippen LogP contribution >= 0.6 is 0 Å². The van der Waals surface area contributed by atoms with E-state index in [1.807, 2.05) is 0 Å². The molecule has 1 fully saturated rings. The minimum atomic E-state index is -3.60. The second-order valence-electron chi connectivity index (χ2n) is 5.39. The average molecular weight is 315 g/mol. The number of benzene rings is 1. The molecule has 1 atom stereocenters. The standard InChI is InChI=1S/C13H21N3O4S/c1-16(2)21(18,19)11-5-3-4-10(12(11)14)15-8-13(17)6-7-20-9-13/h3-5,15,17H,6-9,14H2,1-2H3. The van der Waals surface area contributed by atoms with Crippen molar-refractivity contribution in [3.8, 4) is 0 Å². The van der Waals surface area contributed by atoms with Crippen molar-refractivity contribution in [3.63, 3.8) is 0 Å². The second-order valence-corrected chi connectivity index (χ2v) is 7.51. The van der Waals surface area contributed by atoms with Crippen LogP contribution in [0, 0.1) is 0 Å². The van der Waals surface area contributed by atoms with Gasteiger partial charge in [0.15, 0.2) is 0 Å². The van der Waals surface area contributed by atoms with Crippen LogP contribution in [0.5, 0.6) is 0 Å². The number of nitrogens with two attached hydrogens (primary N) is 1. The fourth-order valence-electron chi connectivity index (χ4n) is 2.12. The Morgan fingerprint density at radius 2 is 2.19 bits per heavy atom. The summed E-state index contributed by atoms with van der Waals surface area (Å²) >= 11 is 0. The van der Waals surface area contributed by atoms with E-state index < -0.39 is 15.6 Å². The Bertz CT molecular complexity index is 610. The van der Waals surface area contributed by atoms with Crippen LogP contribution in [0.15, 0.2) is 23.1 Å². The first-order valence-corrected chi connectivity index (χ1v) is 8.05. The lowest BCUT2D eigenvalue weighted by Crippen LogP contribution is -2.37. The van der Waals surface area contributed by atoms with Crippen LogP contribution < -0.4 is 11.1 Å². The monoisotopic (exact) mass is 315 g/mol. The molecular formula is C13H21N3O4S. The zero-order chi connectivity index (χ0) is 15.7. The molecular weight excluding hydrogens is 294 g/mol. The maximum atomic E-state index is 12.2. The van der Waals surface area contributed by atoms with E-state index in [2.05, 4.69) is 5.32 Å². The molecule has 0 radical (unpaired) electrons. The van der Waals surface area contributed by atoms with E-state index in [4.69, 9.17) is 10.5 Å². The van der Waals surface area contributed by atoms with Crippen molar-refractivity contribution in [1.29, 1.82) is 0 Å². The highest BCUT2D eigenvalue weighted by atomic mass is 32.2. The van der Waals surface area contributed by atoms with Gasteiger partial charge in [-0.15, -0.1) is 0 Å². The summed E-state index contributed by atoms with van der Waals surface area (Å²) in [5.41, 5.74) is 5.64. The summed E-state index contributed by atoms with van der Waals surface area (Å²) in [6.45, 7) is 1.03. The fourth-order valence-corrected chi connectivity index (χ4v) is 3.15. The van der Waals surface area contributed by atoms with Gasteiger partial charge in [0.2, 0.25) is 10.0 Å². The number of aliphatic hydroxyl groups is 1. The van der Waals surface area contributed by atoms with Crippen molar-refractivity contribution in [3.05, 3.63) is 18.2 Å². The van der Waals surface area contributed by atoms with Crippen LogP contribution in [0.25, 0.3) is 0 Å². The van der Waals surface area contributed by atoms with Gasteiger partial charge in [-0.1, -0.05) is 6.07 Å². The van der Waals surface area contributed by atoms with E-state index in [0.717, 1.165) is 4.31 Å². The third-order valence-corrected chi connectivity index (χ3v) is 5.39. The van der Waals surface area contributed by atoms with Crippen molar-refractivity contribution in [1.82, 2.24) is 4.31 Å². The molecule has 1 saturated heterocycles. The lowest BCUT2D eigenvalue weighted by Gasteiger charge is -2.23. The molecule has 1 aliphatic heterocycles. The van der Waals surface area contributed by atoms with E-state index >= 15 is 0 Å². The largest absolute Gasteiger partial charge is 0.396 e. The van der Waals surface area contributed by atoms with Crippen molar-refractivity contribution < 1.29 is 18.3 Å². The second kappa shape index (κ2) is 5.80. The summed E-state index contributed by atoms with van der Waals surface area (Å²) in [5, 5.41) is 13.2. The van der Waals surface area contributed by atoms with Gasteiger partial charge in [-0.2, -0.15) is 0 Å². The Hall–Kier alpha value is -1.35. The molecule has 1 unspecified atom stereocenters. The molecule has 0 spiro atoms. The predicted molar refractivity (Wildman–Crippen MR) is 80.6 cm³/mol. The highest BCUT2D eigenvalue weighted by Gasteiger charge is 2.32. The first-order valence-electron chi connectivity index (χ1n) is 6.61. The number of nitrogens with one attached hydrogen (secondary N) is 1. The van der Waals surface area contributed by atoms with Gasteiger partial charge in [0.1, 0.15) is 10.5 Å². The van der Waals surface area contributed by atoms with Gasteiger partial charge in [-0.3, -0.25) is 0 Å². The Morgan fingerprint density at radius 3 is 2.76 bits per heavy atom. The van der Waals surface area contributed by atoms with Gasteiger partial charge in [0.25, 0.3) is 0 Å². The highest BCUT2D eigenvalue weighted by Crippen LogP contribution is 2.29. The normalized spacial score (nSPS) is 22.7. The number of para-hydroxylation sites is 1. The maximum Gasteiger partial charge on any atom is 0.244 e. The molecule has 21 heavy (non-hydrogen) atoms. The van der Waals surface area contributed by atoms with Gasteiger partial charge in [0.05, 0.1) is 18.0 Å². The van der Waals surface area contributed by atoms with Crippen molar-refractivity contribution in [2.24, 2.45) is 0 Å². The van der Waals surface area contributed by atoms with Crippen LogP contribution in [0.1, 0.15) is 6.42 Å². The zero-order valence-corrected chi connectivity index (χ0v) is 13.0. The van der Waals surface area contributed by atoms with Crippen molar-refractivity contribution in [2.75, 3.05) is 44.9 Å². The molecule has 0 aliphatic carbocycles. The quantitative estimate of drug-likeness (QED) is 0.665.